The molecule has 0 radical (unpaired) electrons. The molecule has 0 saturated heterocycles. The summed E-state index contributed by atoms with van der Waals surface area (Å²) in [5.41, 5.74) is 2.69. The minimum atomic E-state index is -0.546. The van der Waals surface area contributed by atoms with Crippen molar-refractivity contribution in [3.8, 4) is 0 Å². The van der Waals surface area contributed by atoms with E-state index in [-0.39, 0.29) is 29.1 Å². The minimum absolute atomic E-state index is 0.0481. The van der Waals surface area contributed by atoms with Gasteiger partial charge in [-0.2, -0.15) is 0 Å². The van der Waals surface area contributed by atoms with Crippen LogP contribution in [0.1, 0.15) is 37.2 Å². The largest absolute Gasteiger partial charge is 0.294 e. The first-order chi connectivity index (χ1) is 13.0. The molecule has 1 amide bonds. The van der Waals surface area contributed by atoms with Crippen LogP contribution in [0.3, 0.4) is 0 Å². The predicted octanol–water partition coefficient (Wildman–Crippen LogP) is 5.66. The second-order valence-electron chi connectivity index (χ2n) is 6.78. The number of ketones is 1. The van der Waals surface area contributed by atoms with E-state index in [4.69, 9.17) is 23.2 Å². The average Bonchev–Trinajstić information content (AvgIpc) is 2.64. The van der Waals surface area contributed by atoms with E-state index in [1.54, 1.807) is 12.1 Å². The van der Waals surface area contributed by atoms with Crippen LogP contribution >= 0.6 is 23.2 Å². The van der Waals surface area contributed by atoms with E-state index in [2.05, 4.69) is 0 Å². The van der Waals surface area contributed by atoms with E-state index >= 15 is 0 Å². The van der Waals surface area contributed by atoms with Crippen molar-refractivity contribution in [1.82, 2.24) is 0 Å². The first-order valence-electron chi connectivity index (χ1n) is 8.75. The van der Waals surface area contributed by atoms with Crippen LogP contribution in [0.4, 0.5) is 10.1 Å². The summed E-state index contributed by atoms with van der Waals surface area (Å²) in [6.07, 6.45) is 1.90. The van der Waals surface area contributed by atoms with Crippen molar-refractivity contribution in [1.29, 1.82) is 0 Å². The normalized spacial score (nSPS) is 20.1. The molecule has 2 aromatic rings. The molecule has 6 heteroatoms. The SMILES string of the molecule is O=C1CCCC2=C1C(c1cccc(Cl)c1)CC(=O)N2c1ccc(F)c(Cl)c1. The molecule has 1 aliphatic carbocycles. The van der Waals surface area contributed by atoms with Gasteiger partial charge in [0.2, 0.25) is 5.91 Å². The summed E-state index contributed by atoms with van der Waals surface area (Å²) in [6.45, 7) is 0. The maximum atomic E-state index is 13.6. The van der Waals surface area contributed by atoms with Crippen molar-refractivity contribution in [3.63, 3.8) is 0 Å². The van der Waals surface area contributed by atoms with Gasteiger partial charge in [-0.25, -0.2) is 4.39 Å². The molecule has 138 valence electrons. The molecule has 0 N–H and O–H groups in total. The van der Waals surface area contributed by atoms with Gasteiger partial charge in [0.1, 0.15) is 5.82 Å². The van der Waals surface area contributed by atoms with Crippen molar-refractivity contribution in [2.45, 2.75) is 31.6 Å². The fourth-order valence-electron chi connectivity index (χ4n) is 3.92. The number of anilines is 1. The second kappa shape index (κ2) is 7.10. The van der Waals surface area contributed by atoms with Crippen molar-refractivity contribution in [2.24, 2.45) is 0 Å². The number of benzene rings is 2. The first kappa shape index (κ1) is 18.2. The highest BCUT2D eigenvalue weighted by Crippen LogP contribution is 2.44. The fourth-order valence-corrected chi connectivity index (χ4v) is 4.30. The molecule has 0 bridgehead atoms. The molecular formula is C21H16Cl2FNO2. The Kier molecular flexibility index (Phi) is 4.79. The number of Topliss-reactive ketones (excluding diaryl/α,β-unsaturated/α-hetero) is 1. The zero-order chi connectivity index (χ0) is 19.1. The van der Waals surface area contributed by atoms with Crippen LogP contribution < -0.4 is 4.90 Å². The third-order valence-electron chi connectivity index (χ3n) is 5.09. The molecule has 1 atom stereocenters. The number of halogens is 3. The third-order valence-corrected chi connectivity index (χ3v) is 5.61. The van der Waals surface area contributed by atoms with Gasteiger partial charge >= 0.3 is 0 Å². The van der Waals surface area contributed by atoms with E-state index in [1.165, 1.54) is 23.1 Å². The topological polar surface area (TPSA) is 37.4 Å². The van der Waals surface area contributed by atoms with Crippen LogP contribution in [0.25, 0.3) is 0 Å². The summed E-state index contributed by atoms with van der Waals surface area (Å²) in [5.74, 6) is -0.954. The molecule has 27 heavy (non-hydrogen) atoms. The van der Waals surface area contributed by atoms with Gasteiger partial charge in [-0.3, -0.25) is 14.5 Å². The standard InChI is InChI=1S/C21H16Cl2FNO2/c22-13-4-1-3-12(9-13)15-11-20(27)25(14-7-8-17(24)16(23)10-14)18-5-2-6-19(26)21(15)18/h1,3-4,7-10,15H,2,5-6,11H2. The lowest BCUT2D eigenvalue weighted by molar-refractivity contribution is -0.119. The molecule has 0 saturated carbocycles. The summed E-state index contributed by atoms with van der Waals surface area (Å²) in [4.78, 5) is 27.3. The second-order valence-corrected chi connectivity index (χ2v) is 7.62. The Morgan fingerprint density at radius 1 is 1.04 bits per heavy atom. The lowest BCUT2D eigenvalue weighted by atomic mass is 9.77. The number of hydrogen-bond donors (Lipinski definition) is 0. The smallest absolute Gasteiger partial charge is 0.232 e. The molecule has 2 aliphatic rings. The Labute approximate surface area is 166 Å². The Morgan fingerprint density at radius 3 is 2.59 bits per heavy atom. The maximum absolute atomic E-state index is 13.6. The van der Waals surface area contributed by atoms with Crippen LogP contribution in [0.5, 0.6) is 0 Å². The minimum Gasteiger partial charge on any atom is -0.294 e. The molecule has 0 fully saturated rings. The summed E-state index contributed by atoms with van der Waals surface area (Å²) in [6, 6.07) is 11.5. The Balaban J connectivity index is 1.87. The summed E-state index contributed by atoms with van der Waals surface area (Å²) < 4.78 is 13.6. The van der Waals surface area contributed by atoms with Crippen LogP contribution in [0.15, 0.2) is 53.7 Å². The van der Waals surface area contributed by atoms with Gasteiger partial charge in [0.05, 0.1) is 10.7 Å². The maximum Gasteiger partial charge on any atom is 0.232 e. The molecule has 0 aromatic heterocycles. The van der Waals surface area contributed by atoms with Crippen LogP contribution in [-0.4, -0.2) is 11.7 Å². The molecule has 1 unspecified atom stereocenters. The van der Waals surface area contributed by atoms with Crippen molar-refractivity contribution < 1.29 is 14.0 Å². The molecule has 3 nitrogen and oxygen atoms in total. The van der Waals surface area contributed by atoms with Crippen molar-refractivity contribution >= 4 is 40.6 Å². The quantitative estimate of drug-likeness (QED) is 0.648. The van der Waals surface area contributed by atoms with E-state index in [0.29, 0.717) is 41.2 Å². The zero-order valence-corrected chi connectivity index (χ0v) is 15.9. The number of carbonyl (C=O) groups excluding carboxylic acids is 2. The van der Waals surface area contributed by atoms with E-state index in [9.17, 15) is 14.0 Å². The van der Waals surface area contributed by atoms with Gasteiger partial charge in [-0.15, -0.1) is 0 Å². The van der Waals surface area contributed by atoms with E-state index in [1.807, 2.05) is 12.1 Å². The third kappa shape index (κ3) is 3.28. The van der Waals surface area contributed by atoms with Gasteiger partial charge in [0.15, 0.2) is 5.78 Å². The number of rotatable bonds is 2. The van der Waals surface area contributed by atoms with Gasteiger partial charge in [0.25, 0.3) is 0 Å². The molecule has 2 aromatic carbocycles. The van der Waals surface area contributed by atoms with E-state index in [0.717, 1.165) is 5.56 Å². The summed E-state index contributed by atoms with van der Waals surface area (Å²) in [5, 5.41) is 0.514. The van der Waals surface area contributed by atoms with Crippen LogP contribution in [0, 0.1) is 5.82 Å². The Morgan fingerprint density at radius 2 is 1.85 bits per heavy atom. The van der Waals surface area contributed by atoms with Crippen LogP contribution in [0.2, 0.25) is 10.0 Å². The van der Waals surface area contributed by atoms with Gasteiger partial charge in [-0.1, -0.05) is 35.3 Å². The number of allylic oxidation sites excluding steroid dienone is 2. The Bertz CT molecular complexity index is 986. The molecule has 1 aliphatic heterocycles. The van der Waals surface area contributed by atoms with Crippen molar-refractivity contribution in [2.75, 3.05) is 4.90 Å². The Hall–Kier alpha value is -2.17. The summed E-state index contributed by atoms with van der Waals surface area (Å²) >= 11 is 12.0. The molecule has 4 rings (SSSR count). The fraction of sp³-hybridized carbons (Fsp3) is 0.238. The molecule has 1 heterocycles. The summed E-state index contributed by atoms with van der Waals surface area (Å²) in [7, 11) is 0. The number of hydrogen-bond acceptors (Lipinski definition) is 2. The predicted molar refractivity (Wildman–Crippen MR) is 104 cm³/mol. The van der Waals surface area contributed by atoms with Crippen LogP contribution in [-0.2, 0) is 9.59 Å². The lowest BCUT2D eigenvalue weighted by Gasteiger charge is -2.38. The van der Waals surface area contributed by atoms with Crippen molar-refractivity contribution in [3.05, 3.63) is 75.2 Å². The van der Waals surface area contributed by atoms with Gasteiger partial charge < -0.3 is 0 Å². The number of carbonyl (C=O) groups is 2. The zero-order valence-electron chi connectivity index (χ0n) is 14.3. The average molecular weight is 404 g/mol. The highest BCUT2D eigenvalue weighted by molar-refractivity contribution is 6.31. The monoisotopic (exact) mass is 403 g/mol. The molecule has 0 spiro atoms. The lowest BCUT2D eigenvalue weighted by Crippen LogP contribution is -2.40. The highest BCUT2D eigenvalue weighted by Gasteiger charge is 2.39. The number of amides is 1. The molecular weight excluding hydrogens is 388 g/mol. The van der Waals surface area contributed by atoms with Gasteiger partial charge in [0, 0.05) is 35.1 Å². The van der Waals surface area contributed by atoms with Gasteiger partial charge in [-0.05, 0) is 48.7 Å². The first-order valence-corrected chi connectivity index (χ1v) is 9.51. The highest BCUT2D eigenvalue weighted by atomic mass is 35.5. The number of nitrogens with zero attached hydrogens (tertiary/aromatic N) is 1. The van der Waals surface area contributed by atoms with E-state index < -0.39 is 5.82 Å².